The summed E-state index contributed by atoms with van der Waals surface area (Å²) >= 11 is 0. The van der Waals surface area contributed by atoms with E-state index in [1.165, 1.54) is 0 Å². The number of carbonyl (C=O) groups excluding carboxylic acids is 2. The van der Waals surface area contributed by atoms with Gasteiger partial charge in [-0.1, -0.05) is 18.2 Å². The number of piperazine rings is 1. The van der Waals surface area contributed by atoms with Crippen LogP contribution in [0, 0.1) is 5.92 Å². The Kier molecular flexibility index (Phi) is 4.96. The third-order valence-corrected chi connectivity index (χ3v) is 4.83. The van der Waals surface area contributed by atoms with Gasteiger partial charge < -0.3 is 15.1 Å². The van der Waals surface area contributed by atoms with Gasteiger partial charge in [0.15, 0.2) is 0 Å². The van der Waals surface area contributed by atoms with Crippen LogP contribution in [0.4, 0.5) is 0 Å². The van der Waals surface area contributed by atoms with Crippen LogP contribution in [0.25, 0.3) is 0 Å². The minimum Gasteiger partial charge on any atom is -0.340 e. The zero-order chi connectivity index (χ0) is 16.2. The Hall–Kier alpha value is -1.88. The van der Waals surface area contributed by atoms with Gasteiger partial charge in [0.05, 0.1) is 0 Å². The Balaban J connectivity index is 1.54. The van der Waals surface area contributed by atoms with Gasteiger partial charge in [0.25, 0.3) is 5.91 Å². The predicted octanol–water partition coefficient (Wildman–Crippen LogP) is 1.36. The molecule has 2 saturated heterocycles. The van der Waals surface area contributed by atoms with Gasteiger partial charge in [0, 0.05) is 50.2 Å². The fourth-order valence-corrected chi connectivity index (χ4v) is 3.48. The number of piperidine rings is 1. The summed E-state index contributed by atoms with van der Waals surface area (Å²) in [6.45, 7) is 5.92. The van der Waals surface area contributed by atoms with Gasteiger partial charge in [0.1, 0.15) is 0 Å². The van der Waals surface area contributed by atoms with Crippen molar-refractivity contribution in [1.82, 2.24) is 15.1 Å². The van der Waals surface area contributed by atoms with E-state index in [1.54, 1.807) is 0 Å². The quantitative estimate of drug-likeness (QED) is 0.896. The SMILES string of the molecule is CC1CN(C(=O)C2CCN(C(=O)c3ccccc3)CC2)CCN1. The molecule has 1 unspecified atom stereocenters. The Bertz CT molecular complexity index is 553. The molecule has 0 bridgehead atoms. The summed E-state index contributed by atoms with van der Waals surface area (Å²) < 4.78 is 0. The zero-order valence-corrected chi connectivity index (χ0v) is 13.7. The summed E-state index contributed by atoms with van der Waals surface area (Å²) in [5.74, 6) is 0.414. The first-order chi connectivity index (χ1) is 11.1. The van der Waals surface area contributed by atoms with E-state index in [0.717, 1.165) is 38.0 Å². The summed E-state index contributed by atoms with van der Waals surface area (Å²) in [5, 5.41) is 3.36. The van der Waals surface area contributed by atoms with Crippen molar-refractivity contribution in [2.45, 2.75) is 25.8 Å². The van der Waals surface area contributed by atoms with E-state index in [1.807, 2.05) is 40.1 Å². The highest BCUT2D eigenvalue weighted by atomic mass is 16.2. The number of hydrogen-bond donors (Lipinski definition) is 1. The van der Waals surface area contributed by atoms with Gasteiger partial charge in [-0.2, -0.15) is 0 Å². The largest absolute Gasteiger partial charge is 0.340 e. The number of hydrogen-bond acceptors (Lipinski definition) is 3. The summed E-state index contributed by atoms with van der Waals surface area (Å²) in [7, 11) is 0. The van der Waals surface area contributed by atoms with Crippen molar-refractivity contribution >= 4 is 11.8 Å². The standard InChI is InChI=1S/C18H25N3O2/c1-14-13-21(12-9-19-14)18(23)16-7-10-20(11-8-16)17(22)15-5-3-2-4-6-15/h2-6,14,16,19H,7-13H2,1H3. The summed E-state index contributed by atoms with van der Waals surface area (Å²) in [6.07, 6.45) is 1.55. The second kappa shape index (κ2) is 7.13. The number of rotatable bonds is 2. The van der Waals surface area contributed by atoms with Crippen LogP contribution in [-0.2, 0) is 4.79 Å². The lowest BCUT2D eigenvalue weighted by atomic mass is 9.94. The molecule has 2 aliphatic rings. The second-order valence-electron chi connectivity index (χ2n) is 6.57. The van der Waals surface area contributed by atoms with E-state index < -0.39 is 0 Å². The highest BCUT2D eigenvalue weighted by Gasteiger charge is 2.31. The second-order valence-corrected chi connectivity index (χ2v) is 6.57. The van der Waals surface area contributed by atoms with Crippen LogP contribution in [0.5, 0.6) is 0 Å². The number of carbonyl (C=O) groups is 2. The molecule has 1 N–H and O–H groups in total. The van der Waals surface area contributed by atoms with Crippen LogP contribution < -0.4 is 5.32 Å². The van der Waals surface area contributed by atoms with Crippen LogP contribution in [0.3, 0.4) is 0 Å². The molecule has 124 valence electrons. The van der Waals surface area contributed by atoms with Crippen molar-refractivity contribution in [2.75, 3.05) is 32.7 Å². The smallest absolute Gasteiger partial charge is 0.253 e. The van der Waals surface area contributed by atoms with Gasteiger partial charge >= 0.3 is 0 Å². The molecule has 3 rings (SSSR count). The molecule has 5 nitrogen and oxygen atoms in total. The van der Waals surface area contributed by atoms with Crippen molar-refractivity contribution in [3.8, 4) is 0 Å². The number of likely N-dealkylation sites (tertiary alicyclic amines) is 1. The molecule has 0 radical (unpaired) electrons. The lowest BCUT2D eigenvalue weighted by molar-refractivity contribution is -0.138. The summed E-state index contributed by atoms with van der Waals surface area (Å²) in [6, 6.07) is 9.75. The molecule has 0 spiro atoms. The molecule has 1 aromatic rings. The molecule has 0 saturated carbocycles. The first kappa shape index (κ1) is 16.0. The highest BCUT2D eigenvalue weighted by molar-refractivity contribution is 5.94. The predicted molar refractivity (Wildman–Crippen MR) is 89.1 cm³/mol. The Morgan fingerprint density at radius 1 is 1.04 bits per heavy atom. The Morgan fingerprint density at radius 2 is 1.74 bits per heavy atom. The van der Waals surface area contributed by atoms with E-state index in [-0.39, 0.29) is 17.7 Å². The number of nitrogens with zero attached hydrogens (tertiary/aromatic N) is 2. The minimum absolute atomic E-state index is 0.0696. The van der Waals surface area contributed by atoms with Gasteiger partial charge in [0.2, 0.25) is 5.91 Å². The van der Waals surface area contributed by atoms with Crippen LogP contribution >= 0.6 is 0 Å². The molecule has 1 aromatic carbocycles. The third-order valence-electron chi connectivity index (χ3n) is 4.83. The highest BCUT2D eigenvalue weighted by Crippen LogP contribution is 2.21. The summed E-state index contributed by atoms with van der Waals surface area (Å²) in [4.78, 5) is 28.9. The number of amides is 2. The minimum atomic E-state index is 0.0696. The number of nitrogens with one attached hydrogen (secondary N) is 1. The Morgan fingerprint density at radius 3 is 2.39 bits per heavy atom. The van der Waals surface area contributed by atoms with Crippen molar-refractivity contribution < 1.29 is 9.59 Å². The molecule has 1 atom stereocenters. The molecule has 2 fully saturated rings. The molecular formula is C18H25N3O2. The molecule has 2 amide bonds. The first-order valence-electron chi connectivity index (χ1n) is 8.51. The molecule has 23 heavy (non-hydrogen) atoms. The van der Waals surface area contributed by atoms with Crippen molar-refractivity contribution in [2.24, 2.45) is 5.92 Å². The van der Waals surface area contributed by atoms with Gasteiger partial charge in [-0.15, -0.1) is 0 Å². The average molecular weight is 315 g/mol. The molecule has 0 aliphatic carbocycles. The molecule has 0 aromatic heterocycles. The fourth-order valence-electron chi connectivity index (χ4n) is 3.48. The van der Waals surface area contributed by atoms with Crippen LogP contribution in [0.1, 0.15) is 30.1 Å². The van der Waals surface area contributed by atoms with Crippen molar-refractivity contribution in [3.05, 3.63) is 35.9 Å². The van der Waals surface area contributed by atoms with Crippen LogP contribution in [0.15, 0.2) is 30.3 Å². The van der Waals surface area contributed by atoms with Crippen molar-refractivity contribution in [1.29, 1.82) is 0 Å². The lowest BCUT2D eigenvalue weighted by Crippen LogP contribution is -2.54. The van der Waals surface area contributed by atoms with E-state index in [0.29, 0.717) is 19.1 Å². The van der Waals surface area contributed by atoms with E-state index in [2.05, 4.69) is 12.2 Å². The van der Waals surface area contributed by atoms with Crippen LogP contribution in [-0.4, -0.2) is 60.4 Å². The third kappa shape index (κ3) is 3.72. The monoisotopic (exact) mass is 315 g/mol. The molecule has 2 aliphatic heterocycles. The average Bonchev–Trinajstić information content (AvgIpc) is 2.61. The molecular weight excluding hydrogens is 290 g/mol. The maximum atomic E-state index is 12.6. The topological polar surface area (TPSA) is 52.7 Å². The normalized spacial score (nSPS) is 22.9. The zero-order valence-electron chi connectivity index (χ0n) is 13.7. The number of benzene rings is 1. The molecule has 5 heteroatoms. The van der Waals surface area contributed by atoms with Crippen LogP contribution in [0.2, 0.25) is 0 Å². The molecule has 2 heterocycles. The van der Waals surface area contributed by atoms with Gasteiger partial charge in [-0.3, -0.25) is 9.59 Å². The first-order valence-corrected chi connectivity index (χ1v) is 8.51. The van der Waals surface area contributed by atoms with Crippen molar-refractivity contribution in [3.63, 3.8) is 0 Å². The van der Waals surface area contributed by atoms with Gasteiger partial charge in [-0.05, 0) is 31.9 Å². The lowest BCUT2D eigenvalue weighted by Gasteiger charge is -2.37. The fraction of sp³-hybridized carbons (Fsp3) is 0.556. The summed E-state index contributed by atoms with van der Waals surface area (Å²) in [5.41, 5.74) is 0.730. The maximum absolute atomic E-state index is 12.6. The Labute approximate surface area is 137 Å². The van der Waals surface area contributed by atoms with E-state index >= 15 is 0 Å². The van der Waals surface area contributed by atoms with E-state index in [4.69, 9.17) is 0 Å². The maximum Gasteiger partial charge on any atom is 0.253 e. The van der Waals surface area contributed by atoms with Gasteiger partial charge in [-0.25, -0.2) is 0 Å². The van der Waals surface area contributed by atoms with E-state index in [9.17, 15) is 9.59 Å².